The second kappa shape index (κ2) is 10.6. The van der Waals surface area contributed by atoms with Crippen LogP contribution in [0, 0.1) is 0 Å². The Bertz CT molecular complexity index is 1810. The largest absolute Gasteiger partial charge is 0.768 e. The first-order chi connectivity index (χ1) is 20.1. The molecular formula is C30H21F3N3O4S2-. The topological polar surface area (TPSA) is 108 Å². The molecule has 2 heterocycles. The summed E-state index contributed by atoms with van der Waals surface area (Å²) in [7, 11) is 0. The molecule has 12 heteroatoms. The highest BCUT2D eigenvalue weighted by molar-refractivity contribution is 7.79. The summed E-state index contributed by atoms with van der Waals surface area (Å²) in [6.07, 6.45) is -4.87. The van der Waals surface area contributed by atoms with Gasteiger partial charge in [0, 0.05) is 27.8 Å². The Morgan fingerprint density at radius 3 is 2.26 bits per heavy atom. The van der Waals surface area contributed by atoms with Crippen LogP contribution < -0.4 is 0 Å². The predicted octanol–water partition coefficient (Wildman–Crippen LogP) is 6.78. The normalized spacial score (nSPS) is 15.0. The van der Waals surface area contributed by atoms with E-state index in [9.17, 15) is 31.8 Å². The maximum atomic E-state index is 14.7. The number of carboxylic acids is 1. The fourth-order valence-corrected chi connectivity index (χ4v) is 6.23. The molecule has 0 aliphatic heterocycles. The van der Waals surface area contributed by atoms with Crippen molar-refractivity contribution in [1.29, 1.82) is 0 Å². The third-order valence-electron chi connectivity index (χ3n) is 7.36. The van der Waals surface area contributed by atoms with Crippen LogP contribution in [0.5, 0.6) is 0 Å². The lowest BCUT2D eigenvalue weighted by Gasteiger charge is -2.22. The number of alkyl halides is 3. The average molecular weight is 609 g/mol. The molecule has 3 aromatic carbocycles. The molecule has 42 heavy (non-hydrogen) atoms. The molecule has 0 saturated heterocycles. The van der Waals surface area contributed by atoms with Crippen molar-refractivity contribution in [3.63, 3.8) is 0 Å². The second-order valence-corrected chi connectivity index (χ2v) is 11.8. The Morgan fingerprint density at radius 1 is 1.00 bits per heavy atom. The average Bonchev–Trinajstić information content (AvgIpc) is 3.49. The van der Waals surface area contributed by atoms with E-state index in [1.54, 1.807) is 24.3 Å². The minimum atomic E-state index is -4.60. The summed E-state index contributed by atoms with van der Waals surface area (Å²) in [5.74, 6) is -1.30. The van der Waals surface area contributed by atoms with Crippen LogP contribution in [-0.4, -0.2) is 40.8 Å². The zero-order valence-corrected chi connectivity index (χ0v) is 23.3. The number of hydrogen-bond acceptors (Lipinski definition) is 6. The highest BCUT2D eigenvalue weighted by Crippen LogP contribution is 2.61. The predicted molar refractivity (Wildman–Crippen MR) is 150 cm³/mol. The molecular weight excluding hydrogens is 587 g/mol. The van der Waals surface area contributed by atoms with E-state index in [1.807, 2.05) is 42.5 Å². The summed E-state index contributed by atoms with van der Waals surface area (Å²) in [4.78, 5) is 15.7. The van der Waals surface area contributed by atoms with Crippen LogP contribution in [0.25, 0.3) is 27.5 Å². The van der Waals surface area contributed by atoms with Crippen molar-refractivity contribution >= 4 is 28.4 Å². The maximum Gasteiger partial charge on any atom is 0.399 e. The highest BCUT2D eigenvalue weighted by Gasteiger charge is 2.67. The summed E-state index contributed by atoms with van der Waals surface area (Å²) in [6.45, 7) is 0. The summed E-state index contributed by atoms with van der Waals surface area (Å²) in [5, 5.41) is 15.4. The highest BCUT2D eigenvalue weighted by atomic mass is 32.2. The van der Waals surface area contributed by atoms with Gasteiger partial charge in [0.05, 0.1) is 11.4 Å². The molecule has 0 bridgehead atoms. The molecule has 1 saturated carbocycles. The number of benzene rings is 3. The third kappa shape index (κ3) is 5.06. The standard InChI is InChI=1S/C30H22F3N3O4S2/c31-30(32,33)29(13-14-29)26-23(15-18-9-11-22(12-10-18)42(39)40)25(35-36(26)28-34-24(17-41-28)27(37)38)21-8-4-7-20(16-21)19-5-2-1-3-6-19/h1-12,16-17H,13-15H2,(H,37,38)(H,39,40)/p-1. The molecule has 2 aromatic heterocycles. The van der Waals surface area contributed by atoms with Crippen molar-refractivity contribution in [1.82, 2.24) is 14.8 Å². The monoisotopic (exact) mass is 608 g/mol. The van der Waals surface area contributed by atoms with Crippen molar-refractivity contribution < 1.29 is 31.8 Å². The quantitative estimate of drug-likeness (QED) is 0.195. The SMILES string of the molecule is O=C(O)c1csc(-n2nc(-c3cccc(-c4ccccc4)c3)c(Cc3ccc(S(=O)[O-])cc3)c2C2(C(F)(F)F)CC2)n1. The Kier molecular flexibility index (Phi) is 7.08. The van der Waals surface area contributed by atoms with Gasteiger partial charge in [0.2, 0.25) is 5.13 Å². The third-order valence-corrected chi connectivity index (χ3v) is 8.83. The molecule has 214 valence electrons. The molecule has 1 fully saturated rings. The molecule has 1 aliphatic rings. The molecule has 0 radical (unpaired) electrons. The zero-order chi connectivity index (χ0) is 29.6. The summed E-state index contributed by atoms with van der Waals surface area (Å²) >= 11 is -1.55. The lowest BCUT2D eigenvalue weighted by molar-refractivity contribution is -0.162. The van der Waals surface area contributed by atoms with Crippen LogP contribution in [-0.2, 0) is 22.9 Å². The fourth-order valence-electron chi connectivity index (χ4n) is 5.12. The minimum absolute atomic E-state index is 0.0155. The van der Waals surface area contributed by atoms with E-state index < -0.39 is 28.6 Å². The Morgan fingerprint density at radius 2 is 1.67 bits per heavy atom. The van der Waals surface area contributed by atoms with Gasteiger partial charge in [-0.05, 0) is 58.8 Å². The number of nitrogens with zero attached hydrogens (tertiary/aromatic N) is 3. The van der Waals surface area contributed by atoms with E-state index in [0.717, 1.165) is 27.1 Å². The molecule has 6 rings (SSSR count). The van der Waals surface area contributed by atoms with Crippen LogP contribution in [0.2, 0.25) is 0 Å². The lowest BCUT2D eigenvalue weighted by atomic mass is 9.90. The number of rotatable bonds is 8. The van der Waals surface area contributed by atoms with E-state index in [2.05, 4.69) is 4.98 Å². The van der Waals surface area contributed by atoms with Crippen molar-refractivity contribution in [2.75, 3.05) is 0 Å². The van der Waals surface area contributed by atoms with Crippen LogP contribution in [0.15, 0.2) is 89.1 Å². The number of hydrogen-bond donors (Lipinski definition) is 1. The Hall–Kier alpha value is -4.13. The van der Waals surface area contributed by atoms with Gasteiger partial charge in [0.15, 0.2) is 5.69 Å². The van der Waals surface area contributed by atoms with Crippen LogP contribution in [0.3, 0.4) is 0 Å². The number of aromatic nitrogens is 3. The smallest absolute Gasteiger partial charge is 0.399 e. The van der Waals surface area contributed by atoms with E-state index in [4.69, 9.17) is 5.10 Å². The number of halogens is 3. The van der Waals surface area contributed by atoms with Gasteiger partial charge in [-0.25, -0.2) is 14.5 Å². The van der Waals surface area contributed by atoms with Crippen molar-refractivity contribution in [2.24, 2.45) is 0 Å². The maximum absolute atomic E-state index is 14.7. The Balaban J connectivity index is 1.60. The molecule has 1 atom stereocenters. The number of carbonyl (C=O) groups is 1. The first kappa shape index (κ1) is 28.0. The van der Waals surface area contributed by atoms with Crippen LogP contribution in [0.1, 0.15) is 40.2 Å². The molecule has 7 nitrogen and oxygen atoms in total. The van der Waals surface area contributed by atoms with Gasteiger partial charge in [-0.3, -0.25) is 4.21 Å². The number of thiazole rings is 1. The minimum Gasteiger partial charge on any atom is -0.768 e. The molecule has 0 amide bonds. The molecule has 1 N–H and O–H groups in total. The van der Waals surface area contributed by atoms with Gasteiger partial charge in [-0.15, -0.1) is 11.3 Å². The van der Waals surface area contributed by atoms with Crippen molar-refractivity contribution in [2.45, 2.75) is 35.7 Å². The van der Waals surface area contributed by atoms with E-state index in [0.29, 0.717) is 22.4 Å². The molecule has 1 unspecified atom stereocenters. The van der Waals surface area contributed by atoms with Gasteiger partial charge in [0.25, 0.3) is 0 Å². The van der Waals surface area contributed by atoms with Gasteiger partial charge in [-0.1, -0.05) is 60.7 Å². The van der Waals surface area contributed by atoms with Gasteiger partial charge in [0.1, 0.15) is 5.41 Å². The summed E-state index contributed by atoms with van der Waals surface area (Å²) < 4.78 is 68.2. The first-order valence-electron chi connectivity index (χ1n) is 12.8. The lowest BCUT2D eigenvalue weighted by Crippen LogP contribution is -2.32. The van der Waals surface area contributed by atoms with Crippen molar-refractivity contribution in [3.8, 4) is 27.5 Å². The van der Waals surface area contributed by atoms with Gasteiger partial charge >= 0.3 is 12.1 Å². The van der Waals surface area contributed by atoms with Crippen LogP contribution >= 0.6 is 11.3 Å². The zero-order valence-electron chi connectivity index (χ0n) is 21.7. The molecule has 1 aliphatic carbocycles. The second-order valence-electron chi connectivity index (χ2n) is 9.99. The van der Waals surface area contributed by atoms with E-state index in [-0.39, 0.29) is 40.7 Å². The summed E-state index contributed by atoms with van der Waals surface area (Å²) in [5.41, 5.74) is 1.00. The van der Waals surface area contributed by atoms with Crippen molar-refractivity contribution in [3.05, 3.63) is 107 Å². The molecule has 5 aromatic rings. The van der Waals surface area contributed by atoms with Crippen LogP contribution in [0.4, 0.5) is 13.2 Å². The fraction of sp³-hybridized carbons (Fsp3) is 0.167. The number of carboxylic acid groups (broad SMARTS) is 1. The molecule has 0 spiro atoms. The number of aromatic carboxylic acids is 1. The van der Waals surface area contributed by atoms with E-state index in [1.165, 1.54) is 17.5 Å². The first-order valence-corrected chi connectivity index (χ1v) is 14.8. The van der Waals surface area contributed by atoms with E-state index >= 15 is 0 Å². The summed E-state index contributed by atoms with van der Waals surface area (Å²) in [6, 6.07) is 22.8. The Labute approximate surface area is 244 Å². The van der Waals surface area contributed by atoms with Gasteiger partial charge < -0.3 is 9.66 Å². The van der Waals surface area contributed by atoms with Gasteiger partial charge in [-0.2, -0.15) is 18.3 Å².